The molecule has 1 saturated heterocycles. The van der Waals surface area contributed by atoms with Crippen molar-refractivity contribution in [3.63, 3.8) is 0 Å². The van der Waals surface area contributed by atoms with Crippen LogP contribution in [0.4, 0.5) is 5.69 Å². The third-order valence-electron chi connectivity index (χ3n) is 3.07. The number of hydrogen-bond acceptors (Lipinski definition) is 3. The summed E-state index contributed by atoms with van der Waals surface area (Å²) >= 11 is 3.36. The van der Waals surface area contributed by atoms with Crippen LogP contribution in [0, 0.1) is 17.2 Å². The van der Waals surface area contributed by atoms with Crippen molar-refractivity contribution < 1.29 is 4.79 Å². The molecule has 0 aliphatic carbocycles. The van der Waals surface area contributed by atoms with Crippen LogP contribution in [0.5, 0.6) is 0 Å². The van der Waals surface area contributed by atoms with Crippen LogP contribution in [0.2, 0.25) is 0 Å². The van der Waals surface area contributed by atoms with Gasteiger partial charge < -0.3 is 10.6 Å². The number of carbonyl (C=O) groups is 1. The van der Waals surface area contributed by atoms with Crippen LogP contribution < -0.4 is 10.6 Å². The van der Waals surface area contributed by atoms with Crippen molar-refractivity contribution in [3.05, 3.63) is 28.2 Å². The average Bonchev–Trinajstić information content (AvgIpc) is 2.42. The summed E-state index contributed by atoms with van der Waals surface area (Å²) in [6, 6.07) is 7.22. The van der Waals surface area contributed by atoms with E-state index in [-0.39, 0.29) is 11.8 Å². The van der Waals surface area contributed by atoms with Crippen LogP contribution in [-0.2, 0) is 4.79 Å². The lowest BCUT2D eigenvalue weighted by Gasteiger charge is -2.22. The minimum absolute atomic E-state index is 0.0573. The molecule has 0 radical (unpaired) electrons. The lowest BCUT2D eigenvalue weighted by molar-refractivity contribution is -0.120. The molecule has 1 heterocycles. The van der Waals surface area contributed by atoms with Crippen molar-refractivity contribution in [2.75, 3.05) is 18.4 Å². The molecule has 1 aromatic carbocycles. The van der Waals surface area contributed by atoms with E-state index in [9.17, 15) is 4.79 Å². The predicted molar refractivity (Wildman–Crippen MR) is 73.1 cm³/mol. The summed E-state index contributed by atoms with van der Waals surface area (Å²) in [7, 11) is 0. The first kappa shape index (κ1) is 13.1. The van der Waals surface area contributed by atoms with Gasteiger partial charge in [0.1, 0.15) is 0 Å². The second-order valence-electron chi connectivity index (χ2n) is 4.32. The molecule has 0 aromatic heterocycles. The second-order valence-corrected chi connectivity index (χ2v) is 5.17. The quantitative estimate of drug-likeness (QED) is 0.881. The molecule has 0 atom stereocenters. The van der Waals surface area contributed by atoms with Crippen LogP contribution >= 0.6 is 15.9 Å². The Bertz CT molecular complexity index is 489. The summed E-state index contributed by atoms with van der Waals surface area (Å²) in [5, 5.41) is 14.9. The maximum Gasteiger partial charge on any atom is 0.227 e. The normalized spacial score (nSPS) is 16.0. The molecular formula is C13H14BrN3O. The number of anilines is 1. The highest BCUT2D eigenvalue weighted by atomic mass is 79.9. The van der Waals surface area contributed by atoms with E-state index >= 15 is 0 Å². The van der Waals surface area contributed by atoms with Crippen LogP contribution in [0.3, 0.4) is 0 Å². The van der Waals surface area contributed by atoms with Gasteiger partial charge in [-0.1, -0.05) is 0 Å². The number of piperidine rings is 1. The van der Waals surface area contributed by atoms with Gasteiger partial charge in [-0.15, -0.1) is 0 Å². The Morgan fingerprint density at radius 2 is 2.17 bits per heavy atom. The number of nitriles is 1. The molecular weight excluding hydrogens is 294 g/mol. The molecule has 18 heavy (non-hydrogen) atoms. The Labute approximate surface area is 115 Å². The molecule has 1 aromatic rings. The number of benzene rings is 1. The van der Waals surface area contributed by atoms with E-state index in [4.69, 9.17) is 5.26 Å². The van der Waals surface area contributed by atoms with E-state index in [0.717, 1.165) is 36.1 Å². The lowest BCUT2D eigenvalue weighted by atomic mass is 9.97. The summed E-state index contributed by atoms with van der Waals surface area (Å²) < 4.78 is 0.740. The minimum Gasteiger partial charge on any atom is -0.325 e. The van der Waals surface area contributed by atoms with Gasteiger partial charge in [0.2, 0.25) is 5.91 Å². The van der Waals surface area contributed by atoms with Crippen LogP contribution in [-0.4, -0.2) is 19.0 Å². The van der Waals surface area contributed by atoms with Gasteiger partial charge in [0, 0.05) is 10.4 Å². The summed E-state index contributed by atoms with van der Waals surface area (Å²) in [4.78, 5) is 12.0. The minimum atomic E-state index is 0.0573. The molecule has 1 aliphatic rings. The maximum atomic E-state index is 12.0. The molecule has 1 fully saturated rings. The van der Waals surface area contributed by atoms with Crippen molar-refractivity contribution >= 4 is 27.5 Å². The van der Waals surface area contributed by atoms with E-state index in [1.165, 1.54) is 0 Å². The summed E-state index contributed by atoms with van der Waals surface area (Å²) in [6.07, 6.45) is 1.75. The van der Waals surface area contributed by atoms with Crippen molar-refractivity contribution in [1.29, 1.82) is 5.26 Å². The fourth-order valence-electron chi connectivity index (χ4n) is 2.00. The third-order valence-corrected chi connectivity index (χ3v) is 3.72. The van der Waals surface area contributed by atoms with Gasteiger partial charge in [0.25, 0.3) is 0 Å². The van der Waals surface area contributed by atoms with Gasteiger partial charge in [-0.3, -0.25) is 4.79 Å². The van der Waals surface area contributed by atoms with Crippen molar-refractivity contribution in [2.24, 2.45) is 5.92 Å². The first-order valence-electron chi connectivity index (χ1n) is 5.92. The maximum absolute atomic E-state index is 12.0. The highest BCUT2D eigenvalue weighted by molar-refractivity contribution is 9.10. The van der Waals surface area contributed by atoms with Crippen LogP contribution in [0.15, 0.2) is 22.7 Å². The van der Waals surface area contributed by atoms with Gasteiger partial charge in [-0.25, -0.2) is 0 Å². The van der Waals surface area contributed by atoms with E-state index in [2.05, 4.69) is 32.6 Å². The Hall–Kier alpha value is -1.38. The summed E-state index contributed by atoms with van der Waals surface area (Å²) in [5.41, 5.74) is 1.29. The molecule has 2 rings (SSSR count). The third kappa shape index (κ3) is 3.09. The molecule has 0 spiro atoms. The topological polar surface area (TPSA) is 64.9 Å². The highest BCUT2D eigenvalue weighted by Gasteiger charge is 2.21. The van der Waals surface area contributed by atoms with Gasteiger partial charge in [-0.2, -0.15) is 5.26 Å². The van der Waals surface area contributed by atoms with E-state index in [0.29, 0.717) is 5.56 Å². The number of halogens is 1. The van der Waals surface area contributed by atoms with Crippen molar-refractivity contribution in [1.82, 2.24) is 5.32 Å². The van der Waals surface area contributed by atoms with Gasteiger partial charge in [0.05, 0.1) is 17.3 Å². The Morgan fingerprint density at radius 3 is 2.78 bits per heavy atom. The molecule has 0 saturated carbocycles. The van der Waals surface area contributed by atoms with E-state index in [1.54, 1.807) is 18.2 Å². The summed E-state index contributed by atoms with van der Waals surface area (Å²) in [6.45, 7) is 1.79. The largest absolute Gasteiger partial charge is 0.325 e. The van der Waals surface area contributed by atoms with Gasteiger partial charge in [0.15, 0.2) is 0 Å². The SMILES string of the molecule is N#Cc1ccc(NC(=O)C2CCNCC2)c(Br)c1. The Balaban J connectivity index is 2.04. The van der Waals surface area contributed by atoms with E-state index < -0.39 is 0 Å². The first-order chi connectivity index (χ1) is 8.70. The van der Waals surface area contributed by atoms with Crippen LogP contribution in [0.25, 0.3) is 0 Å². The second kappa shape index (κ2) is 5.98. The highest BCUT2D eigenvalue weighted by Crippen LogP contribution is 2.25. The molecule has 0 bridgehead atoms. The fourth-order valence-corrected chi connectivity index (χ4v) is 2.48. The fraction of sp³-hybridized carbons (Fsp3) is 0.385. The zero-order valence-corrected chi connectivity index (χ0v) is 11.5. The Morgan fingerprint density at radius 1 is 1.44 bits per heavy atom. The van der Waals surface area contributed by atoms with E-state index in [1.807, 2.05) is 0 Å². The standard InChI is InChI=1S/C13H14BrN3O/c14-11-7-9(8-15)1-2-12(11)17-13(18)10-3-5-16-6-4-10/h1-2,7,10,16H,3-6H2,(H,17,18). The average molecular weight is 308 g/mol. The zero-order chi connectivity index (χ0) is 13.0. The smallest absolute Gasteiger partial charge is 0.227 e. The molecule has 2 N–H and O–H groups in total. The molecule has 1 aliphatic heterocycles. The Kier molecular flexibility index (Phi) is 4.34. The van der Waals surface area contributed by atoms with Gasteiger partial charge >= 0.3 is 0 Å². The molecule has 94 valence electrons. The van der Waals surface area contributed by atoms with Crippen molar-refractivity contribution in [2.45, 2.75) is 12.8 Å². The number of carbonyl (C=O) groups excluding carboxylic acids is 1. The van der Waals surface area contributed by atoms with Gasteiger partial charge in [-0.05, 0) is 60.1 Å². The number of hydrogen-bond donors (Lipinski definition) is 2. The van der Waals surface area contributed by atoms with Crippen LogP contribution in [0.1, 0.15) is 18.4 Å². The number of amides is 1. The predicted octanol–water partition coefficient (Wildman–Crippen LogP) is 2.26. The number of nitrogens with one attached hydrogen (secondary N) is 2. The molecule has 0 unspecified atom stereocenters. The summed E-state index contributed by atoms with van der Waals surface area (Å²) in [5.74, 6) is 0.135. The zero-order valence-electron chi connectivity index (χ0n) is 9.87. The first-order valence-corrected chi connectivity index (χ1v) is 6.71. The monoisotopic (exact) mass is 307 g/mol. The molecule has 4 nitrogen and oxygen atoms in total. The lowest BCUT2D eigenvalue weighted by Crippen LogP contribution is -2.34. The number of rotatable bonds is 2. The van der Waals surface area contributed by atoms with Crippen molar-refractivity contribution in [3.8, 4) is 6.07 Å². The number of nitrogens with zero attached hydrogens (tertiary/aromatic N) is 1. The molecule has 1 amide bonds. The molecule has 5 heteroatoms.